The van der Waals surface area contributed by atoms with Crippen LogP contribution < -0.4 is 10.6 Å². The fourth-order valence-electron chi connectivity index (χ4n) is 2.28. The minimum absolute atomic E-state index is 0.236. The Morgan fingerprint density at radius 1 is 1.21 bits per heavy atom. The van der Waals surface area contributed by atoms with E-state index in [0.29, 0.717) is 6.42 Å². The summed E-state index contributed by atoms with van der Waals surface area (Å²) in [7, 11) is 2.01. The van der Waals surface area contributed by atoms with E-state index in [0.717, 1.165) is 31.6 Å². The molecule has 0 aromatic heterocycles. The van der Waals surface area contributed by atoms with Crippen molar-refractivity contribution in [1.82, 2.24) is 10.6 Å². The zero-order valence-electron chi connectivity index (χ0n) is 11.7. The number of carbonyl (C=O) groups is 2. The molecule has 0 heterocycles. The third kappa shape index (κ3) is 7.28. The summed E-state index contributed by atoms with van der Waals surface area (Å²) in [5.41, 5.74) is 0. The van der Waals surface area contributed by atoms with Gasteiger partial charge in [-0.1, -0.05) is 19.3 Å². The van der Waals surface area contributed by atoms with Crippen LogP contribution >= 0.6 is 0 Å². The van der Waals surface area contributed by atoms with Crippen molar-refractivity contribution in [2.24, 2.45) is 5.92 Å². The van der Waals surface area contributed by atoms with Crippen LogP contribution in [0.3, 0.4) is 0 Å². The molecule has 2 rings (SSSR count). The van der Waals surface area contributed by atoms with Crippen molar-refractivity contribution in [2.75, 3.05) is 13.6 Å². The molecule has 5 nitrogen and oxygen atoms in total. The van der Waals surface area contributed by atoms with E-state index in [1.54, 1.807) is 0 Å². The number of rotatable bonds is 4. The van der Waals surface area contributed by atoms with Gasteiger partial charge >= 0.3 is 0 Å². The van der Waals surface area contributed by atoms with Gasteiger partial charge in [0.05, 0.1) is 12.1 Å². The lowest BCUT2D eigenvalue weighted by Gasteiger charge is -2.20. The van der Waals surface area contributed by atoms with Gasteiger partial charge in [-0.15, -0.1) is 0 Å². The van der Waals surface area contributed by atoms with E-state index < -0.39 is 12.0 Å². The summed E-state index contributed by atoms with van der Waals surface area (Å²) in [6.45, 7) is 1.24. The molecule has 110 valence electrons. The first-order chi connectivity index (χ1) is 9.17. The maximum atomic E-state index is 10.7. The Hall–Kier alpha value is -0.940. The van der Waals surface area contributed by atoms with Gasteiger partial charge in [0.2, 0.25) is 6.29 Å². The second-order valence-corrected chi connectivity index (χ2v) is 5.44. The van der Waals surface area contributed by atoms with Gasteiger partial charge in [-0.2, -0.15) is 0 Å². The van der Waals surface area contributed by atoms with E-state index in [-0.39, 0.29) is 12.3 Å². The van der Waals surface area contributed by atoms with Crippen LogP contribution in [-0.2, 0) is 9.59 Å². The molecule has 3 N–H and O–H groups in total. The van der Waals surface area contributed by atoms with Crippen molar-refractivity contribution in [2.45, 2.75) is 57.1 Å². The van der Waals surface area contributed by atoms with Gasteiger partial charge in [-0.05, 0) is 45.2 Å². The van der Waals surface area contributed by atoms with Gasteiger partial charge in [0.25, 0.3) is 5.91 Å². The first kappa shape index (κ1) is 16.1. The third-order valence-electron chi connectivity index (χ3n) is 3.60. The summed E-state index contributed by atoms with van der Waals surface area (Å²) in [5, 5.41) is 15.2. The van der Waals surface area contributed by atoms with Gasteiger partial charge in [-0.25, -0.2) is 0 Å². The lowest BCUT2D eigenvalue weighted by molar-refractivity contribution is -0.132. The highest BCUT2D eigenvalue weighted by Crippen LogP contribution is 2.27. The van der Waals surface area contributed by atoms with Crippen molar-refractivity contribution in [3.05, 3.63) is 0 Å². The molecule has 2 fully saturated rings. The van der Waals surface area contributed by atoms with E-state index in [9.17, 15) is 14.7 Å². The predicted molar refractivity (Wildman–Crippen MR) is 73.7 cm³/mol. The topological polar surface area (TPSA) is 78.4 Å². The highest BCUT2D eigenvalue weighted by molar-refractivity contribution is 6.23. The molecule has 0 spiro atoms. The summed E-state index contributed by atoms with van der Waals surface area (Å²) < 4.78 is 0. The number of amides is 1. The number of aldehydes is 1. The molecule has 2 atom stereocenters. The number of aliphatic hydroxyl groups is 1. The Morgan fingerprint density at radius 3 is 2.42 bits per heavy atom. The van der Waals surface area contributed by atoms with Crippen molar-refractivity contribution in [3.8, 4) is 0 Å². The van der Waals surface area contributed by atoms with Gasteiger partial charge in [0.15, 0.2) is 0 Å². The zero-order valence-corrected chi connectivity index (χ0v) is 11.7. The van der Waals surface area contributed by atoms with Crippen LogP contribution in [0, 0.1) is 5.92 Å². The Kier molecular flexibility index (Phi) is 7.67. The molecule has 2 aliphatic rings. The van der Waals surface area contributed by atoms with Crippen molar-refractivity contribution in [3.63, 3.8) is 0 Å². The lowest BCUT2D eigenvalue weighted by Crippen LogP contribution is -2.43. The predicted octanol–water partition coefficient (Wildman–Crippen LogP) is 0.611. The van der Waals surface area contributed by atoms with Crippen LogP contribution in [0.2, 0.25) is 0 Å². The maximum Gasteiger partial charge on any atom is 0.284 e. The second kappa shape index (κ2) is 9.04. The van der Waals surface area contributed by atoms with Gasteiger partial charge in [-0.3, -0.25) is 9.59 Å². The Bertz CT molecular complexity index is 280. The summed E-state index contributed by atoms with van der Waals surface area (Å²) in [6.07, 6.45) is 7.23. The van der Waals surface area contributed by atoms with Crippen LogP contribution in [0.15, 0.2) is 0 Å². The quantitative estimate of drug-likeness (QED) is 0.397. The summed E-state index contributed by atoms with van der Waals surface area (Å²) in [4.78, 5) is 20.8. The Balaban J connectivity index is 0.000000250. The molecule has 0 radical (unpaired) electrons. The molecular formula is C14H26N2O3. The Labute approximate surface area is 115 Å². The SMILES string of the molecule is CNCC1CC1.O=CC(=O)NC1CCCCCC1O. The van der Waals surface area contributed by atoms with Crippen LogP contribution in [0.5, 0.6) is 0 Å². The maximum absolute atomic E-state index is 10.7. The van der Waals surface area contributed by atoms with E-state index in [4.69, 9.17) is 0 Å². The second-order valence-electron chi connectivity index (χ2n) is 5.44. The summed E-state index contributed by atoms with van der Waals surface area (Å²) >= 11 is 0. The normalized spacial score (nSPS) is 26.6. The number of aliphatic hydroxyl groups excluding tert-OH is 1. The van der Waals surface area contributed by atoms with Crippen molar-refractivity contribution < 1.29 is 14.7 Å². The highest BCUT2D eigenvalue weighted by atomic mass is 16.3. The molecule has 0 aliphatic heterocycles. The van der Waals surface area contributed by atoms with Gasteiger partial charge in [0, 0.05) is 0 Å². The summed E-state index contributed by atoms with van der Waals surface area (Å²) in [5.74, 6) is 0.404. The fourth-order valence-corrected chi connectivity index (χ4v) is 2.28. The molecule has 1 amide bonds. The molecule has 0 aromatic carbocycles. The van der Waals surface area contributed by atoms with E-state index >= 15 is 0 Å². The van der Waals surface area contributed by atoms with E-state index in [1.165, 1.54) is 19.4 Å². The fraction of sp³-hybridized carbons (Fsp3) is 0.857. The summed E-state index contributed by atoms with van der Waals surface area (Å²) in [6, 6.07) is -0.236. The van der Waals surface area contributed by atoms with Crippen LogP contribution in [0.25, 0.3) is 0 Å². The molecule has 2 aliphatic carbocycles. The smallest absolute Gasteiger partial charge is 0.284 e. The zero-order chi connectivity index (χ0) is 14.1. The first-order valence-corrected chi connectivity index (χ1v) is 7.25. The Morgan fingerprint density at radius 2 is 1.89 bits per heavy atom. The van der Waals surface area contributed by atoms with E-state index in [2.05, 4.69) is 10.6 Å². The molecule has 2 saturated carbocycles. The minimum Gasteiger partial charge on any atom is -0.391 e. The third-order valence-corrected chi connectivity index (χ3v) is 3.60. The standard InChI is InChI=1S/C9H15NO3.C5H11N/c11-6-9(13)10-7-4-2-1-3-5-8(7)12;1-6-4-5-2-3-5/h6-8,12H,1-5H2,(H,10,13);5-6H,2-4H2,1H3. The lowest BCUT2D eigenvalue weighted by atomic mass is 10.1. The minimum atomic E-state index is -0.633. The number of nitrogens with one attached hydrogen (secondary N) is 2. The number of hydrogen-bond acceptors (Lipinski definition) is 4. The van der Waals surface area contributed by atoms with Crippen LogP contribution in [0.1, 0.15) is 44.9 Å². The molecule has 2 unspecified atom stereocenters. The highest BCUT2D eigenvalue weighted by Gasteiger charge is 2.22. The van der Waals surface area contributed by atoms with E-state index in [1.807, 2.05) is 7.05 Å². The molecular weight excluding hydrogens is 244 g/mol. The number of carbonyl (C=O) groups excluding carboxylic acids is 2. The van der Waals surface area contributed by atoms with Gasteiger partial charge < -0.3 is 15.7 Å². The molecule has 0 saturated heterocycles. The first-order valence-electron chi connectivity index (χ1n) is 7.25. The molecule has 0 aromatic rings. The van der Waals surface area contributed by atoms with Gasteiger partial charge in [0.1, 0.15) is 0 Å². The van der Waals surface area contributed by atoms with Crippen molar-refractivity contribution >= 4 is 12.2 Å². The molecule has 5 heteroatoms. The molecule has 19 heavy (non-hydrogen) atoms. The van der Waals surface area contributed by atoms with Crippen LogP contribution in [0.4, 0.5) is 0 Å². The van der Waals surface area contributed by atoms with Crippen molar-refractivity contribution in [1.29, 1.82) is 0 Å². The number of hydrogen-bond donors (Lipinski definition) is 3. The van der Waals surface area contributed by atoms with Crippen LogP contribution in [-0.4, -0.2) is 43.0 Å². The average molecular weight is 270 g/mol. The average Bonchev–Trinajstić information content (AvgIpc) is 3.22. The largest absolute Gasteiger partial charge is 0.391 e. The monoisotopic (exact) mass is 270 g/mol. The molecule has 0 bridgehead atoms.